The number of aryl methyl sites for hydroxylation is 1. The summed E-state index contributed by atoms with van der Waals surface area (Å²) >= 11 is 0. The molecular formula is C14H19FN2O3. The zero-order valence-corrected chi connectivity index (χ0v) is 12.0. The van der Waals surface area contributed by atoms with Crippen molar-refractivity contribution >= 4 is 17.7 Å². The number of carboxylic acids is 1. The van der Waals surface area contributed by atoms with Crippen molar-refractivity contribution in [3.05, 3.63) is 29.6 Å². The second-order valence-electron chi connectivity index (χ2n) is 5.02. The quantitative estimate of drug-likeness (QED) is 0.892. The number of aliphatic carboxylic acids is 1. The average molecular weight is 282 g/mol. The van der Waals surface area contributed by atoms with Crippen LogP contribution in [0.5, 0.6) is 0 Å². The molecule has 0 atom stereocenters. The maximum Gasteiger partial charge on any atom is 0.329 e. The Morgan fingerprint density at radius 3 is 2.45 bits per heavy atom. The number of amides is 2. The molecule has 20 heavy (non-hydrogen) atoms. The van der Waals surface area contributed by atoms with Crippen LogP contribution in [0.15, 0.2) is 18.2 Å². The first kappa shape index (κ1) is 15.9. The van der Waals surface area contributed by atoms with Gasteiger partial charge in [-0.1, -0.05) is 6.07 Å². The highest BCUT2D eigenvalue weighted by molar-refractivity contribution is 5.93. The van der Waals surface area contributed by atoms with Crippen molar-refractivity contribution in [2.24, 2.45) is 0 Å². The van der Waals surface area contributed by atoms with Gasteiger partial charge in [-0.2, -0.15) is 0 Å². The third-order valence-electron chi connectivity index (χ3n) is 3.13. The van der Waals surface area contributed by atoms with Crippen LogP contribution in [0.4, 0.5) is 14.9 Å². The van der Waals surface area contributed by atoms with Crippen LogP contribution >= 0.6 is 0 Å². The number of nitrogens with zero attached hydrogens (tertiary/aromatic N) is 1. The molecule has 0 fully saturated rings. The number of hydrogen-bond acceptors (Lipinski definition) is 2. The van der Waals surface area contributed by atoms with Crippen molar-refractivity contribution < 1.29 is 19.1 Å². The molecule has 0 saturated heterocycles. The molecule has 2 N–H and O–H groups in total. The number of nitrogens with one attached hydrogen (secondary N) is 1. The summed E-state index contributed by atoms with van der Waals surface area (Å²) in [4.78, 5) is 24.4. The Balaban J connectivity index is 2.96. The smallest absolute Gasteiger partial charge is 0.329 e. The van der Waals surface area contributed by atoms with Gasteiger partial charge in [0.1, 0.15) is 11.4 Å². The van der Waals surface area contributed by atoms with E-state index in [1.807, 2.05) is 0 Å². The van der Waals surface area contributed by atoms with Gasteiger partial charge in [0.15, 0.2) is 0 Å². The van der Waals surface area contributed by atoms with Crippen molar-refractivity contribution in [1.82, 2.24) is 4.90 Å². The molecule has 0 aromatic heterocycles. The van der Waals surface area contributed by atoms with E-state index in [9.17, 15) is 14.0 Å². The highest BCUT2D eigenvalue weighted by atomic mass is 19.1. The summed E-state index contributed by atoms with van der Waals surface area (Å²) in [5.74, 6) is -1.68. The van der Waals surface area contributed by atoms with E-state index in [1.165, 1.54) is 26.0 Å². The van der Waals surface area contributed by atoms with Gasteiger partial charge in [-0.3, -0.25) is 0 Å². The molecule has 6 heteroatoms. The Morgan fingerprint density at radius 2 is 2.00 bits per heavy atom. The second-order valence-corrected chi connectivity index (χ2v) is 5.02. The summed E-state index contributed by atoms with van der Waals surface area (Å²) in [5, 5.41) is 11.6. The van der Waals surface area contributed by atoms with Crippen LogP contribution in [0.2, 0.25) is 0 Å². The van der Waals surface area contributed by atoms with Gasteiger partial charge < -0.3 is 15.3 Å². The molecule has 0 spiro atoms. The molecule has 5 nitrogen and oxygen atoms in total. The number of carboxylic acid groups (broad SMARTS) is 1. The van der Waals surface area contributed by atoms with Crippen molar-refractivity contribution in [3.63, 3.8) is 0 Å². The summed E-state index contributed by atoms with van der Waals surface area (Å²) in [6.45, 7) is 6.43. The zero-order valence-electron chi connectivity index (χ0n) is 12.0. The van der Waals surface area contributed by atoms with Crippen LogP contribution in [-0.2, 0) is 4.79 Å². The molecule has 110 valence electrons. The normalized spacial score (nSPS) is 11.1. The van der Waals surface area contributed by atoms with E-state index in [-0.39, 0.29) is 12.2 Å². The maximum atomic E-state index is 13.7. The van der Waals surface area contributed by atoms with Crippen molar-refractivity contribution in [2.45, 2.75) is 33.2 Å². The lowest BCUT2D eigenvalue weighted by Crippen LogP contribution is -2.54. The summed E-state index contributed by atoms with van der Waals surface area (Å²) in [6, 6.07) is 3.76. The summed E-state index contributed by atoms with van der Waals surface area (Å²) in [5.41, 5.74) is -0.612. The number of carbonyl (C=O) groups excluding carboxylic acids is 1. The van der Waals surface area contributed by atoms with E-state index in [1.54, 1.807) is 19.9 Å². The maximum absolute atomic E-state index is 13.7. The molecule has 1 rings (SSSR count). The first-order valence-electron chi connectivity index (χ1n) is 6.28. The van der Waals surface area contributed by atoms with Crippen molar-refractivity contribution in [2.75, 3.05) is 11.9 Å². The lowest BCUT2D eigenvalue weighted by atomic mass is 10.0. The summed E-state index contributed by atoms with van der Waals surface area (Å²) in [6.07, 6.45) is 0. The zero-order chi connectivity index (χ0) is 15.5. The number of halogens is 1. The van der Waals surface area contributed by atoms with E-state index in [2.05, 4.69) is 5.32 Å². The van der Waals surface area contributed by atoms with Crippen molar-refractivity contribution in [3.8, 4) is 0 Å². The van der Waals surface area contributed by atoms with Crippen LogP contribution in [-0.4, -0.2) is 34.1 Å². The molecule has 1 aromatic rings. The minimum Gasteiger partial charge on any atom is -0.480 e. The van der Waals surface area contributed by atoms with Gasteiger partial charge >= 0.3 is 12.0 Å². The predicted molar refractivity (Wildman–Crippen MR) is 74.3 cm³/mol. The fraction of sp³-hybridized carbons (Fsp3) is 0.429. The Labute approximate surface area is 117 Å². The third-order valence-corrected chi connectivity index (χ3v) is 3.13. The van der Waals surface area contributed by atoms with E-state index < -0.39 is 23.4 Å². The highest BCUT2D eigenvalue weighted by Gasteiger charge is 2.37. The molecular weight excluding hydrogens is 263 g/mol. The molecule has 0 aliphatic rings. The lowest BCUT2D eigenvalue weighted by Gasteiger charge is -2.34. The number of benzene rings is 1. The molecule has 0 bridgehead atoms. The molecule has 0 unspecified atom stereocenters. The standard InChI is InChI=1S/C14H19FN2O3/c1-5-17(14(3,4)12(18)19)13(20)16-11-7-6-9(2)8-10(11)15/h6-8H,5H2,1-4H3,(H,16,20)(H,18,19). The monoisotopic (exact) mass is 282 g/mol. The third kappa shape index (κ3) is 3.26. The van der Waals surface area contributed by atoms with Crippen LogP contribution in [0.3, 0.4) is 0 Å². The fourth-order valence-corrected chi connectivity index (χ4v) is 1.81. The molecule has 0 radical (unpaired) electrons. The van der Waals surface area contributed by atoms with Gasteiger partial charge in [0.2, 0.25) is 0 Å². The Hall–Kier alpha value is -2.11. The lowest BCUT2D eigenvalue weighted by molar-refractivity contribution is -0.147. The summed E-state index contributed by atoms with van der Waals surface area (Å²) < 4.78 is 13.7. The van der Waals surface area contributed by atoms with Gasteiger partial charge in [0, 0.05) is 6.54 Å². The van der Waals surface area contributed by atoms with Gasteiger partial charge in [0.05, 0.1) is 5.69 Å². The number of carbonyl (C=O) groups is 2. The van der Waals surface area contributed by atoms with Crippen LogP contribution in [0.1, 0.15) is 26.3 Å². The number of anilines is 1. The first-order chi connectivity index (χ1) is 9.20. The van der Waals surface area contributed by atoms with Gasteiger partial charge in [-0.05, 0) is 45.4 Å². The average Bonchev–Trinajstić information content (AvgIpc) is 2.33. The Kier molecular flexibility index (Phi) is 4.70. The van der Waals surface area contributed by atoms with Crippen LogP contribution < -0.4 is 5.32 Å². The minimum atomic E-state index is -1.37. The second kappa shape index (κ2) is 5.90. The SMILES string of the molecule is CCN(C(=O)Nc1ccc(C)cc1F)C(C)(C)C(=O)O. The molecule has 0 heterocycles. The number of urea groups is 1. The molecule has 2 amide bonds. The number of likely N-dealkylation sites (N-methyl/N-ethyl adjacent to an activating group) is 1. The highest BCUT2D eigenvalue weighted by Crippen LogP contribution is 2.19. The Morgan fingerprint density at radius 1 is 1.40 bits per heavy atom. The first-order valence-corrected chi connectivity index (χ1v) is 6.28. The molecule has 0 aliphatic heterocycles. The fourth-order valence-electron chi connectivity index (χ4n) is 1.81. The van der Waals surface area contributed by atoms with Crippen LogP contribution in [0, 0.1) is 12.7 Å². The predicted octanol–water partition coefficient (Wildman–Crippen LogP) is 2.85. The number of hydrogen-bond donors (Lipinski definition) is 2. The van der Waals surface area contributed by atoms with E-state index in [0.717, 1.165) is 10.5 Å². The van der Waals surface area contributed by atoms with E-state index >= 15 is 0 Å². The number of rotatable bonds is 4. The molecule has 0 saturated carbocycles. The molecule has 0 aliphatic carbocycles. The van der Waals surface area contributed by atoms with Gasteiger partial charge in [-0.15, -0.1) is 0 Å². The molecule has 1 aromatic carbocycles. The Bertz CT molecular complexity index is 529. The van der Waals surface area contributed by atoms with E-state index in [4.69, 9.17) is 5.11 Å². The van der Waals surface area contributed by atoms with Crippen LogP contribution in [0.25, 0.3) is 0 Å². The topological polar surface area (TPSA) is 69.6 Å². The van der Waals surface area contributed by atoms with Gasteiger partial charge in [-0.25, -0.2) is 14.0 Å². The minimum absolute atomic E-state index is 0.0280. The summed E-state index contributed by atoms with van der Waals surface area (Å²) in [7, 11) is 0. The van der Waals surface area contributed by atoms with Gasteiger partial charge in [0.25, 0.3) is 0 Å². The van der Waals surface area contributed by atoms with E-state index in [0.29, 0.717) is 0 Å². The van der Waals surface area contributed by atoms with Crippen molar-refractivity contribution in [1.29, 1.82) is 0 Å². The largest absolute Gasteiger partial charge is 0.480 e.